The van der Waals surface area contributed by atoms with Crippen molar-refractivity contribution in [3.05, 3.63) is 12.7 Å². The lowest BCUT2D eigenvalue weighted by Crippen LogP contribution is -2.43. The van der Waals surface area contributed by atoms with Crippen molar-refractivity contribution < 1.29 is 27.5 Å². The number of hydrogen-bond acceptors (Lipinski definition) is 3. The van der Waals surface area contributed by atoms with E-state index in [1.54, 1.807) is 0 Å². The van der Waals surface area contributed by atoms with Crippen LogP contribution >= 0.6 is 0 Å². The molecule has 0 radical (unpaired) electrons. The quantitative estimate of drug-likeness (QED) is 0.414. The third-order valence-electron chi connectivity index (χ3n) is 2.34. The first kappa shape index (κ1) is 11.7. The van der Waals surface area contributed by atoms with E-state index in [2.05, 4.69) is 11.3 Å². The summed E-state index contributed by atoms with van der Waals surface area (Å²) in [6, 6.07) is 0. The number of ketones is 1. The lowest BCUT2D eigenvalue weighted by atomic mass is 9.78. The molecule has 0 spiro atoms. The Morgan fingerprint density at radius 2 is 2.20 bits per heavy atom. The number of ether oxygens (including phenoxy) is 1. The Kier molecular flexibility index (Phi) is 2.88. The summed E-state index contributed by atoms with van der Waals surface area (Å²) in [4.78, 5) is 22.3. The Hall–Kier alpha value is -1.33. The normalized spacial score (nSPS) is 26.2. The molecule has 1 atom stereocenters. The number of carbonyl (C=O) groups is 2. The number of hydrogen-bond donors (Lipinski definition) is 0. The lowest BCUT2D eigenvalue weighted by molar-refractivity contribution is -0.185. The van der Waals surface area contributed by atoms with E-state index in [0.29, 0.717) is 0 Å². The highest BCUT2D eigenvalue weighted by Crippen LogP contribution is 2.40. The van der Waals surface area contributed by atoms with E-state index < -0.39 is 23.3 Å². The topological polar surface area (TPSA) is 43.4 Å². The second-order valence-electron chi connectivity index (χ2n) is 3.29. The summed E-state index contributed by atoms with van der Waals surface area (Å²) >= 11 is 0. The van der Waals surface area contributed by atoms with Gasteiger partial charge in [-0.1, -0.05) is 6.08 Å². The Bertz CT molecular complexity index is 308. The average Bonchev–Trinajstić information content (AvgIpc) is 2.47. The molecule has 6 heteroatoms. The van der Waals surface area contributed by atoms with E-state index in [4.69, 9.17) is 0 Å². The fourth-order valence-corrected chi connectivity index (χ4v) is 1.56. The van der Waals surface area contributed by atoms with E-state index in [1.807, 2.05) is 0 Å². The second kappa shape index (κ2) is 3.67. The number of cyclic esters (lactones) is 1. The summed E-state index contributed by atoms with van der Waals surface area (Å²) in [6.07, 6.45) is -4.48. The van der Waals surface area contributed by atoms with Gasteiger partial charge in [-0.15, -0.1) is 6.58 Å². The highest BCUT2D eigenvalue weighted by atomic mass is 19.4. The molecule has 0 saturated carbocycles. The Labute approximate surface area is 83.9 Å². The van der Waals surface area contributed by atoms with Gasteiger partial charge in [0, 0.05) is 6.42 Å². The minimum atomic E-state index is -5.02. The first-order valence-electron chi connectivity index (χ1n) is 4.24. The zero-order chi connectivity index (χ0) is 11.7. The standard InChI is InChI=1S/C9H9F3O3/c1-2-3-8(4-5-15-7(8)14)6(13)9(10,11)12/h2H,1,3-5H2. The molecule has 84 valence electrons. The van der Waals surface area contributed by atoms with E-state index in [-0.39, 0.29) is 19.4 Å². The van der Waals surface area contributed by atoms with Gasteiger partial charge in [0.2, 0.25) is 0 Å². The molecular formula is C9H9F3O3. The minimum absolute atomic E-state index is 0.158. The van der Waals surface area contributed by atoms with Gasteiger partial charge in [0.15, 0.2) is 0 Å². The van der Waals surface area contributed by atoms with E-state index in [0.717, 1.165) is 6.08 Å². The third-order valence-corrected chi connectivity index (χ3v) is 2.34. The van der Waals surface area contributed by atoms with E-state index >= 15 is 0 Å². The van der Waals surface area contributed by atoms with Crippen molar-refractivity contribution in [2.45, 2.75) is 19.0 Å². The molecule has 0 bridgehead atoms. The van der Waals surface area contributed by atoms with E-state index in [1.165, 1.54) is 0 Å². The number of halogens is 3. The van der Waals surface area contributed by atoms with Crippen molar-refractivity contribution in [2.75, 3.05) is 6.61 Å². The van der Waals surface area contributed by atoms with Crippen LogP contribution in [0.25, 0.3) is 0 Å². The fraction of sp³-hybridized carbons (Fsp3) is 0.556. The fourth-order valence-electron chi connectivity index (χ4n) is 1.56. The molecule has 0 aromatic carbocycles. The van der Waals surface area contributed by atoms with Crippen LogP contribution in [0.5, 0.6) is 0 Å². The first-order valence-corrected chi connectivity index (χ1v) is 4.24. The first-order chi connectivity index (χ1) is 6.84. The summed E-state index contributed by atoms with van der Waals surface area (Å²) in [5, 5.41) is 0. The number of carbonyl (C=O) groups excluding carboxylic acids is 2. The largest absolute Gasteiger partial charge is 0.465 e. The SMILES string of the molecule is C=CCC1(C(=O)C(F)(F)F)CCOC1=O. The average molecular weight is 222 g/mol. The Morgan fingerprint density at radius 3 is 2.53 bits per heavy atom. The smallest absolute Gasteiger partial charge is 0.451 e. The zero-order valence-electron chi connectivity index (χ0n) is 7.76. The van der Waals surface area contributed by atoms with Gasteiger partial charge in [-0.05, 0) is 6.42 Å². The molecule has 15 heavy (non-hydrogen) atoms. The number of Topliss-reactive ketones (excluding diaryl/α,β-unsaturated/α-hetero) is 1. The van der Waals surface area contributed by atoms with Crippen LogP contribution in [0, 0.1) is 5.41 Å². The Morgan fingerprint density at radius 1 is 1.60 bits per heavy atom. The van der Waals surface area contributed by atoms with Gasteiger partial charge < -0.3 is 4.74 Å². The van der Waals surface area contributed by atoms with Crippen LogP contribution < -0.4 is 0 Å². The molecule has 1 saturated heterocycles. The molecule has 0 aromatic rings. The van der Waals surface area contributed by atoms with Crippen LogP contribution in [-0.4, -0.2) is 24.5 Å². The number of allylic oxidation sites excluding steroid dienone is 1. The number of alkyl halides is 3. The maximum absolute atomic E-state index is 12.3. The van der Waals surface area contributed by atoms with Crippen molar-refractivity contribution in [3.8, 4) is 0 Å². The highest BCUT2D eigenvalue weighted by molar-refractivity contribution is 6.07. The van der Waals surface area contributed by atoms with Crippen LogP contribution in [0.15, 0.2) is 12.7 Å². The molecule has 0 N–H and O–H groups in total. The molecule has 1 heterocycles. The van der Waals surface area contributed by atoms with Gasteiger partial charge in [-0.2, -0.15) is 13.2 Å². The number of rotatable bonds is 3. The molecule has 3 nitrogen and oxygen atoms in total. The van der Waals surface area contributed by atoms with Crippen molar-refractivity contribution in [3.63, 3.8) is 0 Å². The van der Waals surface area contributed by atoms with Gasteiger partial charge >= 0.3 is 12.1 Å². The van der Waals surface area contributed by atoms with Crippen molar-refractivity contribution in [2.24, 2.45) is 5.41 Å². The van der Waals surface area contributed by atoms with Gasteiger partial charge in [0.1, 0.15) is 5.41 Å². The maximum Gasteiger partial charge on any atom is 0.451 e. The molecule has 1 aliphatic rings. The molecule has 0 aromatic heterocycles. The summed E-state index contributed by atoms with van der Waals surface area (Å²) in [5.74, 6) is -3.15. The van der Waals surface area contributed by atoms with E-state index in [9.17, 15) is 22.8 Å². The van der Waals surface area contributed by atoms with Gasteiger partial charge in [-0.3, -0.25) is 9.59 Å². The van der Waals surface area contributed by atoms with Crippen LogP contribution in [0.1, 0.15) is 12.8 Å². The maximum atomic E-state index is 12.3. The van der Waals surface area contributed by atoms with Crippen LogP contribution in [0.3, 0.4) is 0 Å². The molecule has 1 unspecified atom stereocenters. The minimum Gasteiger partial charge on any atom is -0.465 e. The molecular weight excluding hydrogens is 213 g/mol. The van der Waals surface area contributed by atoms with Crippen molar-refractivity contribution in [1.29, 1.82) is 0 Å². The van der Waals surface area contributed by atoms with Gasteiger partial charge in [-0.25, -0.2) is 0 Å². The summed E-state index contributed by atoms with van der Waals surface area (Å²) in [7, 11) is 0. The zero-order valence-corrected chi connectivity index (χ0v) is 7.76. The molecule has 0 aliphatic carbocycles. The molecule has 0 amide bonds. The van der Waals surface area contributed by atoms with Crippen LogP contribution in [0.2, 0.25) is 0 Å². The van der Waals surface area contributed by atoms with Crippen molar-refractivity contribution >= 4 is 11.8 Å². The predicted molar refractivity (Wildman–Crippen MR) is 43.9 cm³/mol. The molecule has 1 aliphatic heterocycles. The monoisotopic (exact) mass is 222 g/mol. The lowest BCUT2D eigenvalue weighted by Gasteiger charge is -2.22. The van der Waals surface area contributed by atoms with Crippen molar-refractivity contribution in [1.82, 2.24) is 0 Å². The molecule has 1 rings (SSSR count). The summed E-state index contributed by atoms with van der Waals surface area (Å²) < 4.78 is 41.2. The second-order valence-corrected chi connectivity index (χ2v) is 3.29. The Balaban J connectivity index is 3.07. The highest BCUT2D eigenvalue weighted by Gasteiger charge is 2.59. The predicted octanol–water partition coefficient (Wildman–Crippen LogP) is 1.63. The van der Waals surface area contributed by atoms with Crippen LogP contribution in [-0.2, 0) is 14.3 Å². The summed E-state index contributed by atoms with van der Waals surface area (Å²) in [6.45, 7) is 3.08. The number of esters is 1. The third kappa shape index (κ3) is 1.88. The summed E-state index contributed by atoms with van der Waals surface area (Å²) in [5.41, 5.74) is -2.10. The van der Waals surface area contributed by atoms with Gasteiger partial charge in [0.25, 0.3) is 5.78 Å². The van der Waals surface area contributed by atoms with Gasteiger partial charge in [0.05, 0.1) is 6.61 Å². The molecule has 1 fully saturated rings. The van der Waals surface area contributed by atoms with Crippen LogP contribution in [0.4, 0.5) is 13.2 Å².